The molecule has 0 radical (unpaired) electrons. The summed E-state index contributed by atoms with van der Waals surface area (Å²) in [4.78, 5) is 19.1. The van der Waals surface area contributed by atoms with Crippen LogP contribution >= 0.6 is 0 Å². The van der Waals surface area contributed by atoms with E-state index < -0.39 is 5.97 Å². The Hall–Kier alpha value is -0.517. The van der Waals surface area contributed by atoms with E-state index in [9.17, 15) is 4.79 Å². The monoisotopic (exact) mass is 256 g/mol. The van der Waals surface area contributed by atoms with Gasteiger partial charge in [-0.15, -0.1) is 0 Å². The Labute approximate surface area is 92.2 Å². The fourth-order valence-corrected chi connectivity index (χ4v) is 0.483. The minimum atomic E-state index is -1.08. The van der Waals surface area contributed by atoms with Crippen molar-refractivity contribution >= 4 is 10.5 Å². The molecule has 0 unspecified atom stereocenters. The Morgan fingerprint density at radius 2 is 1.86 bits per heavy atom. The van der Waals surface area contributed by atoms with Gasteiger partial charge in [-0.25, -0.2) is 0 Å². The fraction of sp³-hybridized carbons (Fsp3) is 0.714. The molecule has 0 fully saturated rings. The van der Waals surface area contributed by atoms with E-state index in [0.717, 1.165) is 6.92 Å². The molecule has 0 bridgehead atoms. The molecule has 0 atom stereocenters. The van der Waals surface area contributed by atoms with E-state index in [4.69, 9.17) is 19.4 Å². The van der Waals surface area contributed by atoms with Crippen LogP contribution in [0.15, 0.2) is 0 Å². The predicted octanol–water partition coefficient (Wildman–Crippen LogP) is -0.954. The Morgan fingerprint density at radius 1 is 1.36 bits per heavy atom. The second-order valence-corrected chi connectivity index (χ2v) is 3.24. The first kappa shape index (κ1) is 15.9. The van der Waals surface area contributed by atoms with Crippen molar-refractivity contribution in [1.82, 2.24) is 0 Å². The first-order valence-corrected chi connectivity index (χ1v) is 5.22. The van der Waals surface area contributed by atoms with E-state index >= 15 is 0 Å². The molecular weight excluding hydrogens is 245 g/mol. The summed E-state index contributed by atoms with van der Waals surface area (Å²) in [6.07, 6.45) is 0. The second kappa shape index (κ2) is 12.5. The third-order valence-electron chi connectivity index (χ3n) is 0.735. The zero-order valence-electron chi connectivity index (χ0n) is 8.28. The normalized spacial score (nSPS) is 8.57. The summed E-state index contributed by atoms with van der Waals surface area (Å²) in [6.45, 7) is 2.00. The number of carbonyl (C=O) groups excluding carboxylic acids is 2. The average molecular weight is 258 g/mol. The molecule has 0 heterocycles. The summed E-state index contributed by atoms with van der Waals surface area (Å²) < 4.78 is 13.8. The molecule has 0 aliphatic carbocycles. The number of methoxy groups -OCH3 is 1. The van der Waals surface area contributed by atoms with E-state index in [1.807, 2.05) is 0 Å². The van der Waals surface area contributed by atoms with Gasteiger partial charge >= 0.3 is 69.0 Å². The Morgan fingerprint density at radius 3 is 2.21 bits per heavy atom. The van der Waals surface area contributed by atoms with Gasteiger partial charge in [-0.3, -0.25) is 0 Å². The molecule has 7 heteroatoms. The Bertz CT molecular complexity index is 156. The summed E-state index contributed by atoms with van der Waals surface area (Å²) in [7, 11) is 1.58. The molecule has 0 N–H and O–H groups in total. The summed E-state index contributed by atoms with van der Waals surface area (Å²) in [5, 5.41) is 8.89. The van der Waals surface area contributed by atoms with Gasteiger partial charge in [-0.1, -0.05) is 0 Å². The van der Waals surface area contributed by atoms with Gasteiger partial charge in [0.05, 0.1) is 0 Å². The number of ether oxygens (including phenoxy) is 3. The molecule has 6 nitrogen and oxygen atoms in total. The summed E-state index contributed by atoms with van der Waals surface area (Å²) in [6, 6.07) is 0. The van der Waals surface area contributed by atoms with E-state index in [0.29, 0.717) is 31.5 Å². The molecule has 0 aromatic carbocycles. The molecular formula is C7H12O6Zn. The molecule has 78 valence electrons. The van der Waals surface area contributed by atoms with Crippen LogP contribution in [0.1, 0.15) is 6.92 Å². The maximum absolute atomic E-state index is 10.2. The van der Waals surface area contributed by atoms with Crippen LogP contribution in [-0.2, 0) is 37.3 Å². The summed E-state index contributed by atoms with van der Waals surface area (Å²) in [5.74, 6) is -1.08. The van der Waals surface area contributed by atoms with Crippen molar-refractivity contribution in [2.24, 2.45) is 0 Å². The Kier molecular flexibility index (Phi) is 14.2. The van der Waals surface area contributed by atoms with Gasteiger partial charge in [-0.2, -0.15) is 0 Å². The molecule has 0 saturated carbocycles. The van der Waals surface area contributed by atoms with E-state index in [-0.39, 0.29) is 11.4 Å². The van der Waals surface area contributed by atoms with Crippen LogP contribution in [0.25, 0.3) is 0 Å². The van der Waals surface area contributed by atoms with Crippen LogP contribution in [0.2, 0.25) is 0 Å². The van der Waals surface area contributed by atoms with E-state index in [1.54, 1.807) is 7.11 Å². The maximum atomic E-state index is 10.2. The van der Waals surface area contributed by atoms with Gasteiger partial charge in [0, 0.05) is 5.97 Å². The van der Waals surface area contributed by atoms with Crippen molar-refractivity contribution in [2.45, 2.75) is 6.92 Å². The van der Waals surface area contributed by atoms with Crippen molar-refractivity contribution in [3.05, 3.63) is 0 Å². The van der Waals surface area contributed by atoms with Gasteiger partial charge in [-0.05, 0) is 6.92 Å². The molecule has 14 heavy (non-hydrogen) atoms. The van der Waals surface area contributed by atoms with Crippen LogP contribution in [0, 0.1) is 0 Å². The number of carboxylic acids is 1. The first-order valence-electron chi connectivity index (χ1n) is 3.73. The van der Waals surface area contributed by atoms with Gasteiger partial charge in [0.2, 0.25) is 0 Å². The molecule has 0 saturated heterocycles. The summed E-state index contributed by atoms with van der Waals surface area (Å²) >= 11 is 0.508. The molecule has 0 aliphatic heterocycles. The standard InChI is InChI=1S/C5H9O4.C2H4O2.Zn/c1-7-2-3-8-5-9-4-6;1-2(3)4;/h2-3,5H2,1H3;1H3,(H,3,4);/q;;+1/p-1. The third kappa shape index (κ3) is 30.0. The summed E-state index contributed by atoms with van der Waals surface area (Å²) in [5.41, 5.74) is 0. The van der Waals surface area contributed by atoms with Gasteiger partial charge in [0.15, 0.2) is 0 Å². The van der Waals surface area contributed by atoms with E-state index in [2.05, 4.69) is 4.74 Å². The molecule has 0 amide bonds. The van der Waals surface area contributed by atoms with Crippen LogP contribution in [0.3, 0.4) is 0 Å². The van der Waals surface area contributed by atoms with Crippen molar-refractivity contribution in [1.29, 1.82) is 0 Å². The Balaban J connectivity index is 0. The van der Waals surface area contributed by atoms with E-state index in [1.165, 1.54) is 0 Å². The van der Waals surface area contributed by atoms with Crippen LogP contribution in [-0.4, -0.2) is 37.6 Å². The third-order valence-corrected chi connectivity index (χ3v) is 1.16. The quantitative estimate of drug-likeness (QED) is 0.358. The van der Waals surface area contributed by atoms with Crippen molar-refractivity contribution in [2.75, 3.05) is 27.1 Å². The SMILES string of the molecule is CC(=O)[O-].COCCOCO[C](=O)[Zn+]. The van der Waals surface area contributed by atoms with Crippen LogP contribution in [0.5, 0.6) is 0 Å². The van der Waals surface area contributed by atoms with Gasteiger partial charge < -0.3 is 9.90 Å². The van der Waals surface area contributed by atoms with Crippen molar-refractivity contribution in [3.8, 4) is 0 Å². The predicted molar refractivity (Wildman–Crippen MR) is 39.9 cm³/mol. The second-order valence-electron chi connectivity index (χ2n) is 2.03. The molecule has 0 aromatic rings. The first-order chi connectivity index (χ1) is 6.50. The number of hydrogen-bond acceptors (Lipinski definition) is 6. The molecule has 0 aliphatic rings. The van der Waals surface area contributed by atoms with Gasteiger partial charge in [0.25, 0.3) is 0 Å². The molecule has 0 spiro atoms. The van der Waals surface area contributed by atoms with Crippen molar-refractivity contribution < 1.29 is 47.2 Å². The van der Waals surface area contributed by atoms with Crippen molar-refractivity contribution in [3.63, 3.8) is 0 Å². The number of carboxylic acid groups (broad SMARTS) is 1. The number of aliphatic carboxylic acids is 1. The molecule has 0 aromatic heterocycles. The number of carbonyl (C=O) groups is 2. The van der Waals surface area contributed by atoms with Gasteiger partial charge in [0.1, 0.15) is 0 Å². The average Bonchev–Trinajstić information content (AvgIpc) is 2.02. The zero-order valence-corrected chi connectivity index (χ0v) is 11.2. The van der Waals surface area contributed by atoms with Crippen LogP contribution < -0.4 is 5.11 Å². The number of hydrogen-bond donors (Lipinski definition) is 0. The van der Waals surface area contributed by atoms with Crippen LogP contribution in [0.4, 0.5) is 4.79 Å². The molecule has 0 rings (SSSR count). The zero-order chi connectivity index (χ0) is 11.4. The number of rotatable bonds is 5. The fourth-order valence-electron chi connectivity index (χ4n) is 0.309. The topological polar surface area (TPSA) is 84.9 Å². The minimum absolute atomic E-state index is 0.0438.